The van der Waals surface area contributed by atoms with E-state index in [1.165, 1.54) is 11.1 Å². The molecule has 0 saturated heterocycles. The minimum Gasteiger partial charge on any atom is -0.493 e. The van der Waals surface area contributed by atoms with Gasteiger partial charge in [-0.2, -0.15) is 0 Å². The minimum absolute atomic E-state index is 0.157. The lowest BCUT2D eigenvalue weighted by Gasteiger charge is -2.16. The molecular formula is C27H31NO3. The van der Waals surface area contributed by atoms with Gasteiger partial charge in [-0.25, -0.2) is 0 Å². The van der Waals surface area contributed by atoms with Gasteiger partial charge < -0.3 is 14.8 Å². The molecule has 0 aromatic heterocycles. The zero-order valence-corrected chi connectivity index (χ0v) is 19.3. The van der Waals surface area contributed by atoms with Crippen LogP contribution in [-0.2, 0) is 6.61 Å². The first-order chi connectivity index (χ1) is 14.8. The number of aryl methyl sites for hydroxylation is 4. The van der Waals surface area contributed by atoms with Crippen LogP contribution in [0, 0.1) is 34.6 Å². The summed E-state index contributed by atoms with van der Waals surface area (Å²) < 4.78 is 11.9. The zero-order valence-electron chi connectivity index (χ0n) is 19.3. The average Bonchev–Trinajstić information content (AvgIpc) is 2.73. The van der Waals surface area contributed by atoms with Crippen LogP contribution in [-0.4, -0.2) is 12.5 Å². The molecule has 0 atom stereocenters. The highest BCUT2D eigenvalue weighted by atomic mass is 16.5. The standard InChI is InChI=1S/C27H31NO3/c1-7-30-25-11-9-22(27(29)28-24-10-8-18(3)19(4)14-24)15-23(25)16-31-26-13-17(2)12-20(5)21(26)6/h8-15H,7,16H2,1-6H3,(H,28,29). The van der Waals surface area contributed by atoms with E-state index in [-0.39, 0.29) is 5.91 Å². The first-order valence-electron chi connectivity index (χ1n) is 10.6. The molecule has 31 heavy (non-hydrogen) atoms. The van der Waals surface area contributed by atoms with Gasteiger partial charge in [0.15, 0.2) is 0 Å². The van der Waals surface area contributed by atoms with E-state index in [0.29, 0.717) is 18.8 Å². The second kappa shape index (κ2) is 9.69. The molecule has 3 aromatic carbocycles. The van der Waals surface area contributed by atoms with Crippen molar-refractivity contribution in [2.75, 3.05) is 11.9 Å². The monoisotopic (exact) mass is 417 g/mol. The first-order valence-corrected chi connectivity index (χ1v) is 10.6. The number of carbonyl (C=O) groups excluding carboxylic acids is 1. The Hall–Kier alpha value is -3.27. The number of hydrogen-bond acceptors (Lipinski definition) is 3. The Labute approximate surface area is 185 Å². The minimum atomic E-state index is -0.157. The van der Waals surface area contributed by atoms with Crippen molar-refractivity contribution in [2.45, 2.75) is 48.1 Å². The van der Waals surface area contributed by atoms with Crippen LogP contribution in [0.25, 0.3) is 0 Å². The van der Waals surface area contributed by atoms with E-state index < -0.39 is 0 Å². The topological polar surface area (TPSA) is 47.6 Å². The maximum absolute atomic E-state index is 12.9. The van der Waals surface area contributed by atoms with Crippen LogP contribution in [0.1, 0.15) is 50.7 Å². The molecule has 3 aromatic rings. The van der Waals surface area contributed by atoms with Crippen molar-refractivity contribution in [1.82, 2.24) is 0 Å². The molecule has 162 valence electrons. The Morgan fingerprint density at radius 2 is 1.58 bits per heavy atom. The van der Waals surface area contributed by atoms with E-state index in [9.17, 15) is 4.79 Å². The maximum atomic E-state index is 12.9. The SMILES string of the molecule is CCOc1ccc(C(=O)Nc2ccc(C)c(C)c2)cc1COc1cc(C)cc(C)c1C. The predicted octanol–water partition coefficient (Wildman–Crippen LogP) is 6.46. The summed E-state index contributed by atoms with van der Waals surface area (Å²) >= 11 is 0. The Kier molecular flexibility index (Phi) is 7.01. The van der Waals surface area contributed by atoms with Crippen LogP contribution in [0.15, 0.2) is 48.5 Å². The molecule has 0 spiro atoms. The quantitative estimate of drug-likeness (QED) is 0.480. The number of amides is 1. The molecular weight excluding hydrogens is 386 g/mol. The molecule has 4 heteroatoms. The highest BCUT2D eigenvalue weighted by Crippen LogP contribution is 2.27. The first kappa shape index (κ1) is 22.4. The fourth-order valence-electron chi connectivity index (χ4n) is 3.46. The molecule has 3 rings (SSSR count). The molecule has 0 heterocycles. The number of ether oxygens (including phenoxy) is 2. The Balaban J connectivity index is 1.83. The largest absolute Gasteiger partial charge is 0.493 e. The van der Waals surface area contributed by atoms with Crippen LogP contribution in [0.4, 0.5) is 5.69 Å². The number of hydrogen-bond donors (Lipinski definition) is 1. The highest BCUT2D eigenvalue weighted by molar-refractivity contribution is 6.04. The smallest absolute Gasteiger partial charge is 0.255 e. The predicted molar refractivity (Wildman–Crippen MR) is 126 cm³/mol. The summed E-state index contributed by atoms with van der Waals surface area (Å²) in [7, 11) is 0. The summed E-state index contributed by atoms with van der Waals surface area (Å²) in [4.78, 5) is 12.9. The van der Waals surface area contributed by atoms with Crippen LogP contribution in [0.5, 0.6) is 11.5 Å². The van der Waals surface area contributed by atoms with Gasteiger partial charge in [-0.1, -0.05) is 12.1 Å². The van der Waals surface area contributed by atoms with Gasteiger partial charge in [0.25, 0.3) is 5.91 Å². The number of benzene rings is 3. The zero-order chi connectivity index (χ0) is 22.5. The lowest BCUT2D eigenvalue weighted by Crippen LogP contribution is -2.13. The van der Waals surface area contributed by atoms with E-state index in [2.05, 4.69) is 39.1 Å². The molecule has 0 aliphatic heterocycles. The van der Waals surface area contributed by atoms with Crippen LogP contribution in [0.2, 0.25) is 0 Å². The third-order valence-electron chi connectivity index (χ3n) is 5.53. The molecule has 0 bridgehead atoms. The summed E-state index contributed by atoms with van der Waals surface area (Å²) in [5, 5.41) is 2.98. The van der Waals surface area contributed by atoms with Gasteiger partial charge in [-0.05, 0) is 106 Å². The van der Waals surface area contributed by atoms with Gasteiger partial charge in [0, 0.05) is 16.8 Å². The lowest BCUT2D eigenvalue weighted by molar-refractivity contribution is 0.102. The maximum Gasteiger partial charge on any atom is 0.255 e. The number of rotatable bonds is 7. The van der Waals surface area contributed by atoms with Gasteiger partial charge in [0.05, 0.1) is 6.61 Å². The van der Waals surface area contributed by atoms with Gasteiger partial charge in [-0.15, -0.1) is 0 Å². The van der Waals surface area contributed by atoms with Gasteiger partial charge in [-0.3, -0.25) is 4.79 Å². The van der Waals surface area contributed by atoms with E-state index in [0.717, 1.165) is 39.4 Å². The molecule has 0 radical (unpaired) electrons. The van der Waals surface area contributed by atoms with Gasteiger partial charge in [0.2, 0.25) is 0 Å². The fraction of sp³-hybridized carbons (Fsp3) is 0.296. The molecule has 0 unspecified atom stereocenters. The third kappa shape index (κ3) is 5.46. The van der Waals surface area contributed by atoms with Crippen molar-refractivity contribution in [3.63, 3.8) is 0 Å². The van der Waals surface area contributed by atoms with Gasteiger partial charge in [0.1, 0.15) is 18.1 Å². The third-order valence-corrected chi connectivity index (χ3v) is 5.53. The normalized spacial score (nSPS) is 10.6. The van der Waals surface area contributed by atoms with Crippen molar-refractivity contribution in [3.05, 3.63) is 87.5 Å². The van der Waals surface area contributed by atoms with Crippen molar-refractivity contribution in [1.29, 1.82) is 0 Å². The van der Waals surface area contributed by atoms with E-state index in [1.807, 2.05) is 50.2 Å². The summed E-state index contributed by atoms with van der Waals surface area (Å²) in [5.74, 6) is 1.42. The second-order valence-corrected chi connectivity index (χ2v) is 8.00. The average molecular weight is 418 g/mol. The van der Waals surface area contributed by atoms with Crippen molar-refractivity contribution in [3.8, 4) is 11.5 Å². The van der Waals surface area contributed by atoms with E-state index >= 15 is 0 Å². The summed E-state index contributed by atoms with van der Waals surface area (Å²) in [6.45, 7) is 13.1. The Morgan fingerprint density at radius 3 is 2.29 bits per heavy atom. The molecule has 0 saturated carbocycles. The van der Waals surface area contributed by atoms with E-state index in [1.54, 1.807) is 6.07 Å². The molecule has 4 nitrogen and oxygen atoms in total. The Bertz CT molecular complexity index is 1100. The van der Waals surface area contributed by atoms with Crippen molar-refractivity contribution in [2.24, 2.45) is 0 Å². The summed E-state index contributed by atoms with van der Waals surface area (Å²) in [6.07, 6.45) is 0. The fourth-order valence-corrected chi connectivity index (χ4v) is 3.46. The summed E-state index contributed by atoms with van der Waals surface area (Å²) in [6, 6.07) is 15.6. The summed E-state index contributed by atoms with van der Waals surface area (Å²) in [5.41, 5.74) is 8.00. The van der Waals surface area contributed by atoms with Crippen molar-refractivity contribution >= 4 is 11.6 Å². The number of carbonyl (C=O) groups is 1. The number of anilines is 1. The van der Waals surface area contributed by atoms with E-state index in [4.69, 9.17) is 9.47 Å². The molecule has 0 aliphatic rings. The van der Waals surface area contributed by atoms with Crippen molar-refractivity contribution < 1.29 is 14.3 Å². The van der Waals surface area contributed by atoms with Crippen LogP contribution in [0.3, 0.4) is 0 Å². The lowest BCUT2D eigenvalue weighted by atomic mass is 10.1. The molecule has 0 aliphatic carbocycles. The molecule has 1 N–H and O–H groups in total. The van der Waals surface area contributed by atoms with Crippen LogP contribution < -0.4 is 14.8 Å². The Morgan fingerprint density at radius 1 is 0.806 bits per heavy atom. The second-order valence-electron chi connectivity index (χ2n) is 8.00. The van der Waals surface area contributed by atoms with Crippen LogP contribution >= 0.6 is 0 Å². The van der Waals surface area contributed by atoms with Gasteiger partial charge >= 0.3 is 0 Å². The molecule has 0 fully saturated rings. The highest BCUT2D eigenvalue weighted by Gasteiger charge is 2.13. The molecule has 1 amide bonds. The number of nitrogens with one attached hydrogen (secondary N) is 1.